The molecular weight excluding hydrogens is 462 g/mol. The van der Waals surface area contributed by atoms with Gasteiger partial charge in [-0.3, -0.25) is 14.0 Å². The third-order valence-corrected chi connectivity index (χ3v) is 5.41. The molecule has 0 unspecified atom stereocenters. The van der Waals surface area contributed by atoms with Crippen LogP contribution in [0.15, 0.2) is 62.5 Å². The zero-order valence-corrected chi connectivity index (χ0v) is 18.7. The largest absolute Gasteiger partial charge is 0.459 e. The molecule has 0 spiro atoms. The maximum absolute atomic E-state index is 12.2. The van der Waals surface area contributed by atoms with Crippen molar-refractivity contribution in [1.82, 2.24) is 14.4 Å². The zero-order valence-electron chi connectivity index (χ0n) is 17.1. The molecule has 0 atom stereocenters. The van der Waals surface area contributed by atoms with Crippen LogP contribution < -0.4 is 5.56 Å². The molecule has 0 saturated carbocycles. The van der Waals surface area contributed by atoms with E-state index in [1.54, 1.807) is 24.5 Å². The molecule has 0 bridgehead atoms. The Bertz CT molecular complexity index is 1330. The summed E-state index contributed by atoms with van der Waals surface area (Å²) in [5.74, 6) is 0.723. The first-order valence-electron chi connectivity index (χ1n) is 9.75. The Morgan fingerprint density at radius 2 is 2.00 bits per heavy atom. The fraction of sp³-hybridized carbons (Fsp3) is 0.217. The maximum Gasteiger partial charge on any atom is 0.306 e. The first-order valence-corrected chi connectivity index (χ1v) is 10.5. The van der Waals surface area contributed by atoms with E-state index in [0.29, 0.717) is 29.4 Å². The summed E-state index contributed by atoms with van der Waals surface area (Å²) in [6.07, 6.45) is 3.75. The predicted molar refractivity (Wildman–Crippen MR) is 119 cm³/mol. The summed E-state index contributed by atoms with van der Waals surface area (Å²) in [5.41, 5.74) is 3.98. The van der Waals surface area contributed by atoms with Crippen molar-refractivity contribution in [1.29, 1.82) is 0 Å². The Kier molecular flexibility index (Phi) is 5.99. The number of carbonyl (C=O) groups excluding carboxylic acids is 1. The maximum atomic E-state index is 12.2. The van der Waals surface area contributed by atoms with E-state index >= 15 is 0 Å². The number of carbonyl (C=O) groups is 1. The van der Waals surface area contributed by atoms with Crippen LogP contribution in [-0.4, -0.2) is 20.3 Å². The van der Waals surface area contributed by atoms with Crippen LogP contribution in [0.4, 0.5) is 0 Å². The van der Waals surface area contributed by atoms with E-state index in [1.165, 1.54) is 21.6 Å². The molecule has 0 N–H and O–H groups in total. The molecule has 7 nitrogen and oxygen atoms in total. The van der Waals surface area contributed by atoms with Gasteiger partial charge in [0.05, 0.1) is 18.3 Å². The fourth-order valence-electron chi connectivity index (χ4n) is 3.09. The van der Waals surface area contributed by atoms with Crippen molar-refractivity contribution < 1.29 is 13.9 Å². The van der Waals surface area contributed by atoms with Gasteiger partial charge in [0.15, 0.2) is 11.7 Å². The Morgan fingerprint density at radius 1 is 1.16 bits per heavy atom. The number of fused-ring (bicyclic) bond motifs is 1. The van der Waals surface area contributed by atoms with Crippen LogP contribution in [0, 0.1) is 13.8 Å². The molecule has 0 aliphatic carbocycles. The van der Waals surface area contributed by atoms with E-state index in [2.05, 4.69) is 32.8 Å². The SMILES string of the molecule is Cc1ccc(-c2cnc(CCC(=O)OCc3cc(=O)n4cc(Br)ccc4n3)o2)cc1C. The first-order chi connectivity index (χ1) is 14.9. The third-order valence-electron chi connectivity index (χ3n) is 4.95. The molecular formula is C23H20BrN3O4. The molecule has 1 aromatic carbocycles. The van der Waals surface area contributed by atoms with Gasteiger partial charge in [-0.1, -0.05) is 12.1 Å². The van der Waals surface area contributed by atoms with Gasteiger partial charge in [-0.05, 0) is 59.1 Å². The molecule has 31 heavy (non-hydrogen) atoms. The minimum absolute atomic E-state index is 0.0693. The zero-order chi connectivity index (χ0) is 22.0. The lowest BCUT2D eigenvalue weighted by molar-refractivity contribution is -0.145. The standard InChI is InChI=1S/C23H20BrN3O4/c1-14-3-4-16(9-15(14)2)19-11-25-21(31-19)7-8-23(29)30-13-18-10-22(28)27-12-17(24)5-6-20(27)26-18/h3-6,9-12H,7-8,13H2,1-2H3. The van der Waals surface area contributed by atoms with Crippen LogP contribution in [0.5, 0.6) is 0 Å². The van der Waals surface area contributed by atoms with Crippen LogP contribution in [0.25, 0.3) is 17.0 Å². The number of rotatable bonds is 6. The van der Waals surface area contributed by atoms with Crippen molar-refractivity contribution in [2.24, 2.45) is 0 Å². The van der Waals surface area contributed by atoms with Crippen molar-refractivity contribution in [3.05, 3.63) is 86.3 Å². The van der Waals surface area contributed by atoms with Gasteiger partial charge in [0.25, 0.3) is 5.56 Å². The minimum Gasteiger partial charge on any atom is -0.459 e. The highest BCUT2D eigenvalue weighted by Gasteiger charge is 2.12. The van der Waals surface area contributed by atoms with Crippen molar-refractivity contribution >= 4 is 27.5 Å². The Morgan fingerprint density at radius 3 is 2.81 bits per heavy atom. The van der Waals surface area contributed by atoms with Gasteiger partial charge in [-0.25, -0.2) is 9.97 Å². The predicted octanol–water partition coefficient (Wildman–Crippen LogP) is 4.40. The Labute approximate surface area is 186 Å². The van der Waals surface area contributed by atoms with Gasteiger partial charge < -0.3 is 9.15 Å². The lowest BCUT2D eigenvalue weighted by atomic mass is 10.1. The average molecular weight is 482 g/mol. The third kappa shape index (κ3) is 4.91. The number of halogens is 1. The van der Waals surface area contributed by atoms with E-state index in [1.807, 2.05) is 25.1 Å². The smallest absolute Gasteiger partial charge is 0.306 e. The molecule has 0 saturated heterocycles. The van der Waals surface area contributed by atoms with Crippen molar-refractivity contribution in [3.8, 4) is 11.3 Å². The molecule has 0 radical (unpaired) electrons. The number of ether oxygens (including phenoxy) is 1. The molecule has 0 aliphatic heterocycles. The first kappa shape index (κ1) is 21.0. The van der Waals surface area contributed by atoms with E-state index < -0.39 is 5.97 Å². The molecule has 8 heteroatoms. The number of oxazole rings is 1. The fourth-order valence-corrected chi connectivity index (χ4v) is 3.43. The van der Waals surface area contributed by atoms with E-state index in [4.69, 9.17) is 9.15 Å². The molecule has 4 rings (SSSR count). The van der Waals surface area contributed by atoms with Crippen molar-refractivity contribution in [3.63, 3.8) is 0 Å². The van der Waals surface area contributed by atoms with Gasteiger partial charge in [0.1, 0.15) is 12.3 Å². The van der Waals surface area contributed by atoms with Crippen molar-refractivity contribution in [2.75, 3.05) is 0 Å². The van der Waals surface area contributed by atoms with Crippen LogP contribution >= 0.6 is 15.9 Å². The second-order valence-corrected chi connectivity index (χ2v) is 8.15. The van der Waals surface area contributed by atoms with Gasteiger partial charge in [-0.2, -0.15) is 0 Å². The van der Waals surface area contributed by atoms with E-state index in [0.717, 1.165) is 10.0 Å². The number of benzene rings is 1. The van der Waals surface area contributed by atoms with Gasteiger partial charge in [0, 0.05) is 28.7 Å². The summed E-state index contributed by atoms with van der Waals surface area (Å²) in [7, 11) is 0. The number of aromatic nitrogens is 3. The molecule has 0 fully saturated rings. The van der Waals surface area contributed by atoms with Crippen LogP contribution in [0.1, 0.15) is 29.1 Å². The summed E-state index contributed by atoms with van der Waals surface area (Å²) in [5, 5.41) is 0. The number of esters is 1. The van der Waals surface area contributed by atoms with Crippen LogP contribution in [0.3, 0.4) is 0 Å². The summed E-state index contributed by atoms with van der Waals surface area (Å²) < 4.78 is 13.2. The number of hydrogen-bond acceptors (Lipinski definition) is 6. The number of aryl methyl sites for hydroxylation is 3. The van der Waals surface area contributed by atoms with Crippen molar-refractivity contribution in [2.45, 2.75) is 33.3 Å². The molecule has 3 aromatic heterocycles. The normalized spacial score (nSPS) is 11.1. The van der Waals surface area contributed by atoms with Gasteiger partial charge in [-0.15, -0.1) is 0 Å². The number of pyridine rings is 1. The second-order valence-electron chi connectivity index (χ2n) is 7.24. The number of nitrogens with zero attached hydrogens (tertiary/aromatic N) is 3. The van der Waals surface area contributed by atoms with Gasteiger partial charge in [0.2, 0.25) is 0 Å². The van der Waals surface area contributed by atoms with E-state index in [-0.39, 0.29) is 18.6 Å². The molecule has 0 aliphatic rings. The quantitative estimate of drug-likeness (QED) is 0.379. The lowest BCUT2D eigenvalue weighted by Gasteiger charge is -2.06. The highest BCUT2D eigenvalue weighted by molar-refractivity contribution is 9.10. The molecule has 0 amide bonds. The highest BCUT2D eigenvalue weighted by atomic mass is 79.9. The highest BCUT2D eigenvalue weighted by Crippen LogP contribution is 2.23. The summed E-state index contributed by atoms with van der Waals surface area (Å²) in [4.78, 5) is 32.9. The summed E-state index contributed by atoms with van der Waals surface area (Å²) >= 11 is 3.32. The summed E-state index contributed by atoms with van der Waals surface area (Å²) in [6.45, 7) is 4.03. The molecule has 3 heterocycles. The second kappa shape index (κ2) is 8.85. The topological polar surface area (TPSA) is 86.7 Å². The average Bonchev–Trinajstić information content (AvgIpc) is 3.22. The Hall–Kier alpha value is -3.26. The van der Waals surface area contributed by atoms with Crippen LogP contribution in [0.2, 0.25) is 0 Å². The monoisotopic (exact) mass is 481 g/mol. The van der Waals surface area contributed by atoms with Gasteiger partial charge >= 0.3 is 5.97 Å². The summed E-state index contributed by atoms with van der Waals surface area (Å²) in [6, 6.07) is 10.9. The minimum atomic E-state index is -0.413. The van der Waals surface area contributed by atoms with Crippen LogP contribution in [-0.2, 0) is 22.6 Å². The number of hydrogen-bond donors (Lipinski definition) is 0. The Balaban J connectivity index is 1.34. The molecule has 4 aromatic rings. The molecule has 158 valence electrons. The van der Waals surface area contributed by atoms with E-state index in [9.17, 15) is 9.59 Å². The lowest BCUT2D eigenvalue weighted by Crippen LogP contribution is -2.16.